The maximum absolute atomic E-state index is 6.21. The van der Waals surface area contributed by atoms with E-state index in [-0.39, 0.29) is 5.54 Å². The predicted molar refractivity (Wildman–Crippen MR) is 85.0 cm³/mol. The molecule has 1 aliphatic carbocycles. The molecule has 2 aliphatic rings. The van der Waals surface area contributed by atoms with Crippen LogP contribution in [-0.4, -0.2) is 18.0 Å². The second kappa shape index (κ2) is 5.47. The third-order valence-electron chi connectivity index (χ3n) is 5.10. The molecule has 1 saturated carbocycles. The van der Waals surface area contributed by atoms with Crippen LogP contribution in [0.5, 0.6) is 0 Å². The monoisotopic (exact) mass is 271 g/mol. The zero-order valence-electron chi connectivity index (χ0n) is 12.4. The molecule has 0 radical (unpaired) electrons. The fraction of sp³-hybridized carbons (Fsp3) is 0.588. The van der Waals surface area contributed by atoms with Crippen molar-refractivity contribution in [2.45, 2.75) is 51.0 Å². The number of guanidine groups is 1. The van der Waals surface area contributed by atoms with Gasteiger partial charge in [-0.2, -0.15) is 0 Å². The standard InChI is InChI=1S/C17H25N3/c1-2-14-7-6-11-17(12-10-14)13-19-16(18)20(17)15-8-4-3-5-9-15/h3-5,8-9,14H,2,6-7,10-13H2,1H3,(H2,18,19). The molecule has 1 heterocycles. The van der Waals surface area contributed by atoms with Crippen molar-refractivity contribution in [2.24, 2.45) is 16.6 Å². The number of anilines is 1. The van der Waals surface area contributed by atoms with E-state index in [2.05, 4.69) is 47.1 Å². The van der Waals surface area contributed by atoms with Gasteiger partial charge in [0.1, 0.15) is 0 Å². The fourth-order valence-electron chi connectivity index (χ4n) is 3.85. The van der Waals surface area contributed by atoms with Gasteiger partial charge in [0.15, 0.2) is 5.96 Å². The van der Waals surface area contributed by atoms with Crippen molar-refractivity contribution in [1.82, 2.24) is 0 Å². The first-order valence-corrected chi connectivity index (χ1v) is 7.90. The van der Waals surface area contributed by atoms with E-state index in [1.165, 1.54) is 44.2 Å². The summed E-state index contributed by atoms with van der Waals surface area (Å²) in [5.41, 5.74) is 7.54. The second-order valence-electron chi connectivity index (χ2n) is 6.27. The van der Waals surface area contributed by atoms with E-state index in [1.807, 2.05) is 0 Å². The highest BCUT2D eigenvalue weighted by Gasteiger charge is 2.43. The number of hydrogen-bond donors (Lipinski definition) is 1. The molecule has 108 valence electrons. The van der Waals surface area contributed by atoms with Gasteiger partial charge in [0, 0.05) is 5.69 Å². The SMILES string of the molecule is CCC1CCCC2(CC1)CN=C(N)N2c1ccccc1. The second-order valence-corrected chi connectivity index (χ2v) is 6.27. The molecule has 2 atom stereocenters. The van der Waals surface area contributed by atoms with E-state index in [1.54, 1.807) is 0 Å². The van der Waals surface area contributed by atoms with Crippen molar-refractivity contribution < 1.29 is 0 Å². The average Bonchev–Trinajstić information content (AvgIpc) is 2.67. The molecule has 0 saturated heterocycles. The summed E-state index contributed by atoms with van der Waals surface area (Å²) in [6, 6.07) is 10.5. The number of para-hydroxylation sites is 1. The van der Waals surface area contributed by atoms with Crippen LogP contribution in [0.15, 0.2) is 35.3 Å². The van der Waals surface area contributed by atoms with Crippen LogP contribution in [0.2, 0.25) is 0 Å². The molecule has 0 aromatic heterocycles. The van der Waals surface area contributed by atoms with Gasteiger partial charge in [-0.1, -0.05) is 44.4 Å². The van der Waals surface area contributed by atoms with Crippen LogP contribution < -0.4 is 10.6 Å². The molecule has 1 spiro atoms. The molecule has 1 aliphatic heterocycles. The van der Waals surface area contributed by atoms with Crippen LogP contribution in [-0.2, 0) is 0 Å². The summed E-state index contributed by atoms with van der Waals surface area (Å²) < 4.78 is 0. The van der Waals surface area contributed by atoms with Crippen LogP contribution in [0.3, 0.4) is 0 Å². The van der Waals surface area contributed by atoms with Gasteiger partial charge in [0.25, 0.3) is 0 Å². The fourth-order valence-corrected chi connectivity index (χ4v) is 3.85. The summed E-state index contributed by atoms with van der Waals surface area (Å²) in [5, 5.41) is 0. The van der Waals surface area contributed by atoms with Crippen LogP contribution in [0.4, 0.5) is 5.69 Å². The van der Waals surface area contributed by atoms with E-state index in [0.29, 0.717) is 5.96 Å². The maximum Gasteiger partial charge on any atom is 0.196 e. The highest BCUT2D eigenvalue weighted by Crippen LogP contribution is 2.40. The quantitative estimate of drug-likeness (QED) is 0.893. The summed E-state index contributed by atoms with van der Waals surface area (Å²) in [6.45, 7) is 3.18. The van der Waals surface area contributed by atoms with Gasteiger partial charge < -0.3 is 10.6 Å². The zero-order valence-corrected chi connectivity index (χ0v) is 12.4. The molecule has 2 N–H and O–H groups in total. The Morgan fingerprint density at radius 2 is 2.05 bits per heavy atom. The van der Waals surface area contributed by atoms with Crippen molar-refractivity contribution in [3.8, 4) is 0 Å². The Labute approximate surface area is 121 Å². The van der Waals surface area contributed by atoms with E-state index >= 15 is 0 Å². The number of aliphatic imine (C=N–C) groups is 1. The Bertz CT molecular complexity index is 482. The molecular formula is C17H25N3. The molecule has 1 aromatic rings. The first kappa shape index (κ1) is 13.5. The first-order valence-electron chi connectivity index (χ1n) is 7.90. The number of nitrogens with two attached hydrogens (primary N) is 1. The van der Waals surface area contributed by atoms with Crippen molar-refractivity contribution in [2.75, 3.05) is 11.4 Å². The van der Waals surface area contributed by atoms with Gasteiger partial charge in [0.05, 0.1) is 12.1 Å². The Kier molecular flexibility index (Phi) is 3.68. The largest absolute Gasteiger partial charge is 0.369 e. The topological polar surface area (TPSA) is 41.6 Å². The van der Waals surface area contributed by atoms with Gasteiger partial charge in [-0.25, -0.2) is 0 Å². The number of hydrogen-bond acceptors (Lipinski definition) is 3. The summed E-state index contributed by atoms with van der Waals surface area (Å²) in [4.78, 5) is 6.89. The van der Waals surface area contributed by atoms with Gasteiger partial charge in [-0.05, 0) is 37.3 Å². The van der Waals surface area contributed by atoms with Gasteiger partial charge in [0.2, 0.25) is 0 Å². The van der Waals surface area contributed by atoms with Crippen LogP contribution in [0.1, 0.15) is 45.4 Å². The molecule has 0 bridgehead atoms. The Morgan fingerprint density at radius 1 is 1.25 bits per heavy atom. The van der Waals surface area contributed by atoms with Crippen molar-refractivity contribution in [3.63, 3.8) is 0 Å². The molecule has 3 nitrogen and oxygen atoms in total. The highest BCUT2D eigenvalue weighted by atomic mass is 15.4. The van der Waals surface area contributed by atoms with E-state index < -0.39 is 0 Å². The number of benzene rings is 1. The third-order valence-corrected chi connectivity index (χ3v) is 5.10. The minimum atomic E-state index is 0.134. The molecule has 20 heavy (non-hydrogen) atoms. The summed E-state index contributed by atoms with van der Waals surface area (Å²) in [6.07, 6.45) is 7.69. The van der Waals surface area contributed by atoms with E-state index in [4.69, 9.17) is 5.73 Å². The Hall–Kier alpha value is -1.51. The lowest BCUT2D eigenvalue weighted by atomic mass is 9.88. The highest BCUT2D eigenvalue weighted by molar-refractivity contribution is 5.98. The number of rotatable bonds is 2. The molecule has 3 rings (SSSR count). The average molecular weight is 271 g/mol. The van der Waals surface area contributed by atoms with Gasteiger partial charge in [-0.15, -0.1) is 0 Å². The van der Waals surface area contributed by atoms with Crippen molar-refractivity contribution in [3.05, 3.63) is 30.3 Å². The molecule has 1 fully saturated rings. The molecule has 2 unspecified atom stereocenters. The Morgan fingerprint density at radius 3 is 2.80 bits per heavy atom. The minimum absolute atomic E-state index is 0.134. The van der Waals surface area contributed by atoms with Gasteiger partial charge >= 0.3 is 0 Å². The van der Waals surface area contributed by atoms with E-state index in [0.717, 1.165) is 12.5 Å². The molecule has 1 aromatic carbocycles. The lowest BCUT2D eigenvalue weighted by molar-refractivity contribution is 0.384. The summed E-state index contributed by atoms with van der Waals surface area (Å²) in [7, 11) is 0. The smallest absolute Gasteiger partial charge is 0.196 e. The Balaban J connectivity index is 1.88. The lowest BCUT2D eigenvalue weighted by Crippen LogP contribution is -2.51. The van der Waals surface area contributed by atoms with Crippen LogP contribution in [0.25, 0.3) is 0 Å². The first-order chi connectivity index (χ1) is 9.75. The zero-order chi connectivity index (χ0) is 14.0. The molecular weight excluding hydrogens is 246 g/mol. The van der Waals surface area contributed by atoms with Crippen LogP contribution >= 0.6 is 0 Å². The summed E-state index contributed by atoms with van der Waals surface area (Å²) >= 11 is 0. The van der Waals surface area contributed by atoms with Crippen molar-refractivity contribution >= 4 is 11.6 Å². The van der Waals surface area contributed by atoms with E-state index in [9.17, 15) is 0 Å². The molecule has 3 heteroatoms. The maximum atomic E-state index is 6.21. The van der Waals surface area contributed by atoms with Crippen LogP contribution in [0, 0.1) is 5.92 Å². The molecule has 0 amide bonds. The number of nitrogens with zero attached hydrogens (tertiary/aromatic N) is 2. The predicted octanol–water partition coefficient (Wildman–Crippen LogP) is 3.55. The normalized spacial score (nSPS) is 30.4. The minimum Gasteiger partial charge on any atom is -0.369 e. The van der Waals surface area contributed by atoms with Gasteiger partial charge in [-0.3, -0.25) is 4.99 Å². The third kappa shape index (κ3) is 2.30. The lowest BCUT2D eigenvalue weighted by Gasteiger charge is -2.39. The van der Waals surface area contributed by atoms with Crippen molar-refractivity contribution in [1.29, 1.82) is 0 Å². The summed E-state index contributed by atoms with van der Waals surface area (Å²) in [5.74, 6) is 1.58.